The highest BCUT2D eigenvalue weighted by Gasteiger charge is 2.10. The van der Waals surface area contributed by atoms with E-state index in [0.717, 1.165) is 44.3 Å². The molecule has 0 fully saturated rings. The number of benzene rings is 2. The van der Waals surface area contributed by atoms with E-state index in [2.05, 4.69) is 62.3 Å². The minimum Gasteiger partial charge on any atom is -0.377 e. The minimum absolute atomic E-state index is 0.124. The van der Waals surface area contributed by atoms with Crippen molar-refractivity contribution < 1.29 is 19.1 Å². The number of carbonyl (C=O) groups excluding carboxylic acids is 2. The van der Waals surface area contributed by atoms with Gasteiger partial charge in [0, 0.05) is 43.9 Å². The van der Waals surface area contributed by atoms with Crippen LogP contribution in [0.4, 0.5) is 17.8 Å². The van der Waals surface area contributed by atoms with E-state index in [1.807, 2.05) is 30.3 Å². The average Bonchev–Trinajstić information content (AvgIpc) is 3.09. The normalized spacial score (nSPS) is 10.9. The third kappa shape index (κ3) is 13.8. The fourth-order valence-electron chi connectivity index (χ4n) is 4.35. The fourth-order valence-corrected chi connectivity index (χ4v) is 4.35. The molecule has 0 saturated heterocycles. The van der Waals surface area contributed by atoms with Crippen LogP contribution in [0.5, 0.6) is 0 Å². The Kier molecular flexibility index (Phi) is 16.9. The van der Waals surface area contributed by atoms with Crippen molar-refractivity contribution in [1.82, 2.24) is 25.6 Å². The van der Waals surface area contributed by atoms with Crippen molar-refractivity contribution in [3.05, 3.63) is 71.3 Å². The molecule has 0 unspecified atom stereocenters. The molecule has 12 nitrogen and oxygen atoms in total. The minimum atomic E-state index is -0.165. The van der Waals surface area contributed by atoms with Crippen LogP contribution in [0, 0.1) is 5.92 Å². The van der Waals surface area contributed by atoms with Crippen molar-refractivity contribution >= 4 is 29.7 Å². The van der Waals surface area contributed by atoms with Crippen molar-refractivity contribution in [3.8, 4) is 0 Å². The number of rotatable bonds is 23. The molecule has 3 aromatic rings. The van der Waals surface area contributed by atoms with Gasteiger partial charge in [0.2, 0.25) is 17.8 Å². The molecule has 0 spiro atoms. The maximum Gasteiger partial charge on any atom is 0.251 e. The van der Waals surface area contributed by atoms with Crippen LogP contribution < -0.4 is 26.6 Å². The Balaban J connectivity index is 1.33. The molecule has 0 aliphatic heterocycles. The number of hydrogen-bond donors (Lipinski definition) is 5. The Morgan fingerprint density at radius 3 is 1.76 bits per heavy atom. The van der Waals surface area contributed by atoms with Gasteiger partial charge in [-0.15, -0.1) is 0 Å². The van der Waals surface area contributed by atoms with Crippen LogP contribution in [0.3, 0.4) is 0 Å². The van der Waals surface area contributed by atoms with Crippen molar-refractivity contribution in [2.45, 2.75) is 53.0 Å². The third-order valence-corrected chi connectivity index (χ3v) is 7.29. The molecule has 2 aromatic carbocycles. The molecule has 1 heterocycles. The van der Waals surface area contributed by atoms with Crippen LogP contribution in [0.25, 0.3) is 0 Å². The zero-order chi connectivity index (χ0) is 32.8. The molecule has 12 heteroatoms. The second-order valence-electron chi connectivity index (χ2n) is 10.8. The SMILES string of the molecule is CCCCNc1nc(NCc2ccc(C(=O)NCCOCCOCCNC(=O)c3ccccc3)cc2)nc(NCC(CC)CC)n1. The van der Waals surface area contributed by atoms with E-state index >= 15 is 0 Å². The summed E-state index contributed by atoms with van der Waals surface area (Å²) in [6.07, 6.45) is 4.31. The number of anilines is 3. The highest BCUT2D eigenvalue weighted by atomic mass is 16.5. The first-order valence-corrected chi connectivity index (χ1v) is 16.4. The second-order valence-corrected chi connectivity index (χ2v) is 10.8. The highest BCUT2D eigenvalue weighted by Crippen LogP contribution is 2.14. The van der Waals surface area contributed by atoms with Crippen LogP contribution in [-0.4, -0.2) is 79.4 Å². The van der Waals surface area contributed by atoms with E-state index in [9.17, 15) is 9.59 Å². The van der Waals surface area contributed by atoms with E-state index in [-0.39, 0.29) is 11.8 Å². The zero-order valence-electron chi connectivity index (χ0n) is 27.4. The molecule has 250 valence electrons. The predicted molar refractivity (Wildman–Crippen MR) is 182 cm³/mol. The lowest BCUT2D eigenvalue weighted by Gasteiger charge is -2.15. The smallest absolute Gasteiger partial charge is 0.251 e. The van der Waals surface area contributed by atoms with Crippen LogP contribution in [0.15, 0.2) is 54.6 Å². The van der Waals surface area contributed by atoms with Gasteiger partial charge in [-0.2, -0.15) is 15.0 Å². The topological polar surface area (TPSA) is 151 Å². The molecule has 46 heavy (non-hydrogen) atoms. The lowest BCUT2D eigenvalue weighted by molar-refractivity contribution is 0.0486. The molecular formula is C34H50N8O4. The number of nitrogens with one attached hydrogen (secondary N) is 5. The summed E-state index contributed by atoms with van der Waals surface area (Å²) < 4.78 is 11.0. The summed E-state index contributed by atoms with van der Waals surface area (Å²) in [4.78, 5) is 38.2. The molecule has 0 aliphatic rings. The van der Waals surface area contributed by atoms with Gasteiger partial charge in [0.25, 0.3) is 11.8 Å². The van der Waals surface area contributed by atoms with Gasteiger partial charge in [0.1, 0.15) is 0 Å². The van der Waals surface area contributed by atoms with Gasteiger partial charge < -0.3 is 36.1 Å². The quantitative estimate of drug-likeness (QED) is 0.0926. The number of unbranched alkanes of at least 4 members (excludes halogenated alkanes) is 1. The Bertz CT molecular complexity index is 1290. The predicted octanol–water partition coefficient (Wildman–Crippen LogP) is 4.74. The van der Waals surface area contributed by atoms with Crippen molar-refractivity contribution in [3.63, 3.8) is 0 Å². The summed E-state index contributed by atoms with van der Waals surface area (Å²) in [6.45, 7) is 11.0. The van der Waals surface area contributed by atoms with E-state index < -0.39 is 0 Å². The van der Waals surface area contributed by atoms with Crippen LogP contribution >= 0.6 is 0 Å². The summed E-state index contributed by atoms with van der Waals surface area (Å²) in [5, 5.41) is 15.6. The van der Waals surface area contributed by atoms with Gasteiger partial charge in [-0.1, -0.05) is 70.4 Å². The van der Waals surface area contributed by atoms with Gasteiger partial charge in [0.15, 0.2) is 0 Å². The van der Waals surface area contributed by atoms with Gasteiger partial charge >= 0.3 is 0 Å². The standard InChI is InChI=1S/C34H50N8O4/c1-4-7-17-37-32-40-33(38-24-26(5-2)6-3)42-34(41-32)39-25-27-13-15-29(16-14-27)31(44)36-19-21-46-23-22-45-20-18-35-30(43)28-11-9-8-10-12-28/h8-16,26H,4-7,17-25H2,1-3H3,(H,35,43)(H,36,44)(H3,37,38,39,40,41,42). The monoisotopic (exact) mass is 634 g/mol. The molecule has 2 amide bonds. The molecule has 1 aromatic heterocycles. The first kappa shape index (κ1) is 36.2. The van der Waals surface area contributed by atoms with Crippen LogP contribution in [0.2, 0.25) is 0 Å². The molecular weight excluding hydrogens is 584 g/mol. The largest absolute Gasteiger partial charge is 0.377 e. The number of amides is 2. The highest BCUT2D eigenvalue weighted by molar-refractivity contribution is 5.94. The zero-order valence-corrected chi connectivity index (χ0v) is 27.4. The number of hydrogen-bond acceptors (Lipinski definition) is 10. The first-order chi connectivity index (χ1) is 22.5. The number of carbonyl (C=O) groups is 2. The van der Waals surface area contributed by atoms with E-state index in [0.29, 0.717) is 81.0 Å². The van der Waals surface area contributed by atoms with Crippen molar-refractivity contribution in [1.29, 1.82) is 0 Å². The van der Waals surface area contributed by atoms with Crippen LogP contribution in [-0.2, 0) is 16.0 Å². The van der Waals surface area contributed by atoms with Gasteiger partial charge in [-0.05, 0) is 42.2 Å². The number of ether oxygens (including phenoxy) is 2. The molecule has 0 saturated carbocycles. The molecule has 0 bridgehead atoms. The Hall–Kier alpha value is -4.29. The summed E-state index contributed by atoms with van der Waals surface area (Å²) >= 11 is 0. The van der Waals surface area contributed by atoms with E-state index in [4.69, 9.17) is 9.47 Å². The molecule has 0 radical (unpaired) electrons. The average molecular weight is 635 g/mol. The third-order valence-electron chi connectivity index (χ3n) is 7.29. The van der Waals surface area contributed by atoms with Gasteiger partial charge in [0.05, 0.1) is 26.4 Å². The molecule has 5 N–H and O–H groups in total. The van der Waals surface area contributed by atoms with Crippen LogP contribution in [0.1, 0.15) is 72.7 Å². The molecule has 0 atom stereocenters. The Labute approximate surface area is 272 Å². The lowest BCUT2D eigenvalue weighted by atomic mass is 10.0. The summed E-state index contributed by atoms with van der Waals surface area (Å²) in [6, 6.07) is 16.5. The Morgan fingerprint density at radius 1 is 0.652 bits per heavy atom. The van der Waals surface area contributed by atoms with E-state index in [1.54, 1.807) is 24.3 Å². The second kappa shape index (κ2) is 21.4. The van der Waals surface area contributed by atoms with Crippen molar-refractivity contribution in [2.75, 3.05) is 68.6 Å². The van der Waals surface area contributed by atoms with E-state index in [1.165, 1.54) is 0 Å². The molecule has 0 aliphatic carbocycles. The van der Waals surface area contributed by atoms with Crippen molar-refractivity contribution in [2.24, 2.45) is 5.92 Å². The summed E-state index contributed by atoms with van der Waals surface area (Å²) in [7, 11) is 0. The number of nitrogens with zero attached hydrogens (tertiary/aromatic N) is 3. The maximum atomic E-state index is 12.6. The first-order valence-electron chi connectivity index (χ1n) is 16.4. The number of aromatic nitrogens is 3. The maximum absolute atomic E-state index is 12.6. The van der Waals surface area contributed by atoms with Gasteiger partial charge in [-0.3, -0.25) is 9.59 Å². The van der Waals surface area contributed by atoms with Gasteiger partial charge in [-0.25, -0.2) is 0 Å². The summed E-state index contributed by atoms with van der Waals surface area (Å²) in [5.41, 5.74) is 2.18. The fraction of sp³-hybridized carbons (Fsp3) is 0.500. The lowest BCUT2D eigenvalue weighted by Crippen LogP contribution is -2.28. The Morgan fingerprint density at radius 2 is 1.20 bits per heavy atom. The molecule has 3 rings (SSSR count). The summed E-state index contributed by atoms with van der Waals surface area (Å²) in [5.74, 6) is 1.86.